The van der Waals surface area contributed by atoms with Crippen molar-refractivity contribution in [2.45, 2.75) is 20.0 Å². The second-order valence-electron chi connectivity index (χ2n) is 3.19. The van der Waals surface area contributed by atoms with E-state index in [4.69, 9.17) is 0 Å². The SMILES string of the molecule is CCn1cnnc1CN1CCNC1=O. The molecule has 1 aliphatic rings. The van der Waals surface area contributed by atoms with Crippen molar-refractivity contribution in [2.75, 3.05) is 13.1 Å². The summed E-state index contributed by atoms with van der Waals surface area (Å²) < 4.78 is 1.94. The van der Waals surface area contributed by atoms with Gasteiger partial charge in [-0.05, 0) is 6.92 Å². The van der Waals surface area contributed by atoms with Gasteiger partial charge in [0.15, 0.2) is 5.82 Å². The lowest BCUT2D eigenvalue weighted by Crippen LogP contribution is -2.28. The molecular weight excluding hydrogens is 182 g/mol. The van der Waals surface area contributed by atoms with E-state index >= 15 is 0 Å². The number of aromatic nitrogens is 3. The smallest absolute Gasteiger partial charge is 0.317 e. The molecule has 6 nitrogen and oxygen atoms in total. The molecule has 0 radical (unpaired) electrons. The molecule has 1 N–H and O–H groups in total. The van der Waals surface area contributed by atoms with Gasteiger partial charge in [0.2, 0.25) is 0 Å². The number of urea groups is 1. The van der Waals surface area contributed by atoms with Crippen molar-refractivity contribution in [1.82, 2.24) is 25.0 Å². The van der Waals surface area contributed by atoms with Crippen LogP contribution in [0.15, 0.2) is 6.33 Å². The minimum atomic E-state index is -0.0179. The average molecular weight is 195 g/mol. The zero-order valence-corrected chi connectivity index (χ0v) is 8.10. The zero-order valence-electron chi connectivity index (χ0n) is 8.10. The van der Waals surface area contributed by atoms with Gasteiger partial charge in [0.1, 0.15) is 6.33 Å². The van der Waals surface area contributed by atoms with Crippen LogP contribution in [0.2, 0.25) is 0 Å². The molecule has 1 fully saturated rings. The Kier molecular flexibility index (Phi) is 2.34. The van der Waals surface area contributed by atoms with Crippen molar-refractivity contribution in [3.63, 3.8) is 0 Å². The van der Waals surface area contributed by atoms with E-state index in [0.717, 1.165) is 25.5 Å². The van der Waals surface area contributed by atoms with Crippen LogP contribution in [0.5, 0.6) is 0 Å². The van der Waals surface area contributed by atoms with Crippen LogP contribution in [0, 0.1) is 0 Å². The number of carbonyl (C=O) groups excluding carboxylic acids is 1. The quantitative estimate of drug-likeness (QED) is 0.728. The Labute approximate surface area is 81.9 Å². The molecule has 2 rings (SSSR count). The predicted octanol–water partition coefficient (Wildman–Crippen LogP) is -0.177. The molecule has 0 aliphatic carbocycles. The molecule has 0 aromatic carbocycles. The van der Waals surface area contributed by atoms with E-state index in [1.807, 2.05) is 11.5 Å². The molecule has 0 saturated carbocycles. The lowest BCUT2D eigenvalue weighted by atomic mass is 10.5. The summed E-state index contributed by atoms with van der Waals surface area (Å²) in [4.78, 5) is 13.0. The van der Waals surface area contributed by atoms with Crippen LogP contribution in [0.4, 0.5) is 4.79 Å². The highest BCUT2D eigenvalue weighted by atomic mass is 16.2. The fourth-order valence-electron chi connectivity index (χ4n) is 1.50. The van der Waals surface area contributed by atoms with Gasteiger partial charge in [0.25, 0.3) is 0 Å². The maximum atomic E-state index is 11.3. The van der Waals surface area contributed by atoms with Crippen molar-refractivity contribution in [3.05, 3.63) is 12.2 Å². The molecule has 0 spiro atoms. The van der Waals surface area contributed by atoms with Crippen molar-refractivity contribution >= 4 is 6.03 Å². The highest BCUT2D eigenvalue weighted by Crippen LogP contribution is 2.04. The number of nitrogens with one attached hydrogen (secondary N) is 1. The molecule has 1 aromatic rings. The number of amides is 2. The highest BCUT2D eigenvalue weighted by Gasteiger charge is 2.21. The second-order valence-corrected chi connectivity index (χ2v) is 3.19. The predicted molar refractivity (Wildman–Crippen MR) is 49.5 cm³/mol. The third kappa shape index (κ3) is 1.55. The molecule has 1 saturated heterocycles. The zero-order chi connectivity index (χ0) is 9.97. The third-order valence-corrected chi connectivity index (χ3v) is 2.31. The van der Waals surface area contributed by atoms with Crippen LogP contribution >= 0.6 is 0 Å². The molecule has 14 heavy (non-hydrogen) atoms. The van der Waals surface area contributed by atoms with Crippen LogP contribution in [-0.4, -0.2) is 38.8 Å². The first-order valence-corrected chi connectivity index (χ1v) is 4.70. The van der Waals surface area contributed by atoms with Gasteiger partial charge in [-0.25, -0.2) is 4.79 Å². The first-order valence-electron chi connectivity index (χ1n) is 4.70. The van der Waals surface area contributed by atoms with Gasteiger partial charge < -0.3 is 14.8 Å². The van der Waals surface area contributed by atoms with E-state index in [1.165, 1.54) is 0 Å². The van der Waals surface area contributed by atoms with Gasteiger partial charge in [-0.2, -0.15) is 0 Å². The van der Waals surface area contributed by atoms with Crippen molar-refractivity contribution < 1.29 is 4.79 Å². The van der Waals surface area contributed by atoms with Gasteiger partial charge in [-0.15, -0.1) is 10.2 Å². The van der Waals surface area contributed by atoms with Gasteiger partial charge in [-0.3, -0.25) is 0 Å². The van der Waals surface area contributed by atoms with E-state index < -0.39 is 0 Å². The lowest BCUT2D eigenvalue weighted by Gasteiger charge is -2.13. The molecule has 0 atom stereocenters. The van der Waals surface area contributed by atoms with Gasteiger partial charge in [0, 0.05) is 19.6 Å². The highest BCUT2D eigenvalue weighted by molar-refractivity contribution is 5.76. The third-order valence-electron chi connectivity index (χ3n) is 2.31. The average Bonchev–Trinajstić information content (AvgIpc) is 2.77. The minimum absolute atomic E-state index is 0.0179. The van der Waals surface area contributed by atoms with Crippen LogP contribution in [0.3, 0.4) is 0 Å². The van der Waals surface area contributed by atoms with Crippen LogP contribution in [0.1, 0.15) is 12.7 Å². The summed E-state index contributed by atoms with van der Waals surface area (Å²) in [5, 5.41) is 10.5. The standard InChI is InChI=1S/C8H13N5O/c1-2-12-6-10-11-7(12)5-13-4-3-9-8(13)14/h6H,2-5H2,1H3,(H,9,14). The summed E-state index contributed by atoms with van der Waals surface area (Å²) >= 11 is 0. The number of nitrogens with zero attached hydrogens (tertiary/aromatic N) is 4. The van der Waals surface area contributed by atoms with E-state index in [0.29, 0.717) is 6.54 Å². The summed E-state index contributed by atoms with van der Waals surface area (Å²) in [6, 6.07) is -0.0179. The molecule has 76 valence electrons. The largest absolute Gasteiger partial charge is 0.336 e. The molecule has 2 heterocycles. The summed E-state index contributed by atoms with van der Waals surface area (Å²) in [7, 11) is 0. The Morgan fingerprint density at radius 2 is 2.50 bits per heavy atom. The number of hydrogen-bond donors (Lipinski definition) is 1. The van der Waals surface area contributed by atoms with E-state index in [1.54, 1.807) is 11.2 Å². The number of rotatable bonds is 3. The second kappa shape index (κ2) is 3.65. The maximum absolute atomic E-state index is 11.3. The van der Waals surface area contributed by atoms with Crippen molar-refractivity contribution in [2.24, 2.45) is 0 Å². The van der Waals surface area contributed by atoms with Gasteiger partial charge in [-0.1, -0.05) is 0 Å². The summed E-state index contributed by atoms with van der Waals surface area (Å²) in [6.07, 6.45) is 1.68. The monoisotopic (exact) mass is 195 g/mol. The van der Waals surface area contributed by atoms with Crippen molar-refractivity contribution in [3.8, 4) is 0 Å². The fourth-order valence-corrected chi connectivity index (χ4v) is 1.50. The fraction of sp³-hybridized carbons (Fsp3) is 0.625. The Bertz CT molecular complexity index is 334. The Morgan fingerprint density at radius 1 is 1.64 bits per heavy atom. The van der Waals surface area contributed by atoms with Gasteiger partial charge in [0.05, 0.1) is 6.54 Å². The van der Waals surface area contributed by atoms with Crippen LogP contribution in [0.25, 0.3) is 0 Å². The first kappa shape index (κ1) is 8.98. The molecule has 0 unspecified atom stereocenters. The van der Waals surface area contributed by atoms with Crippen LogP contribution in [-0.2, 0) is 13.1 Å². The number of aryl methyl sites for hydroxylation is 1. The maximum Gasteiger partial charge on any atom is 0.317 e. The Balaban J connectivity index is 2.06. The van der Waals surface area contributed by atoms with Crippen molar-refractivity contribution in [1.29, 1.82) is 0 Å². The number of hydrogen-bond acceptors (Lipinski definition) is 3. The summed E-state index contributed by atoms with van der Waals surface area (Å²) in [5.74, 6) is 0.838. The van der Waals surface area contributed by atoms with E-state index in [-0.39, 0.29) is 6.03 Å². The molecule has 0 bridgehead atoms. The lowest BCUT2D eigenvalue weighted by molar-refractivity contribution is 0.213. The normalized spacial score (nSPS) is 16.1. The minimum Gasteiger partial charge on any atom is -0.336 e. The molecule has 1 aromatic heterocycles. The Hall–Kier alpha value is -1.59. The topological polar surface area (TPSA) is 63.1 Å². The molecule has 1 aliphatic heterocycles. The summed E-state index contributed by atoms with van der Waals surface area (Å²) in [6.45, 7) is 4.86. The molecule has 2 amide bonds. The first-order chi connectivity index (χ1) is 6.81. The summed E-state index contributed by atoms with van der Waals surface area (Å²) in [5.41, 5.74) is 0. The Morgan fingerprint density at radius 3 is 3.14 bits per heavy atom. The molecular formula is C8H13N5O. The van der Waals surface area contributed by atoms with Crippen LogP contribution < -0.4 is 5.32 Å². The molecule has 6 heteroatoms. The van der Waals surface area contributed by atoms with E-state index in [2.05, 4.69) is 15.5 Å². The number of carbonyl (C=O) groups is 1. The van der Waals surface area contributed by atoms with Gasteiger partial charge >= 0.3 is 6.03 Å². The van der Waals surface area contributed by atoms with E-state index in [9.17, 15) is 4.79 Å².